The lowest BCUT2D eigenvalue weighted by atomic mass is 9.68. The van der Waals surface area contributed by atoms with Crippen LogP contribution in [0.15, 0.2) is 42.9 Å². The van der Waals surface area contributed by atoms with Gasteiger partial charge in [-0.3, -0.25) is 9.97 Å². The number of aromatic nitrogens is 2. The van der Waals surface area contributed by atoms with Gasteiger partial charge in [-0.05, 0) is 69.5 Å². The molecule has 1 unspecified atom stereocenters. The van der Waals surface area contributed by atoms with E-state index in [0.29, 0.717) is 12.1 Å². The number of hydrogen-bond acceptors (Lipinski definition) is 4. The zero-order chi connectivity index (χ0) is 22.0. The SMILES string of the molecule is CN(CCC1(c2ccccn2)CCOC2(CCCC2)C1)Cc1cncc(C(F)(F)F)c1. The Bertz CT molecular complexity index is 868. The highest BCUT2D eigenvalue weighted by molar-refractivity contribution is 5.22. The highest BCUT2D eigenvalue weighted by Gasteiger charge is 2.48. The van der Waals surface area contributed by atoms with E-state index in [-0.39, 0.29) is 11.0 Å². The average Bonchev–Trinajstić information content (AvgIpc) is 3.20. The fraction of sp³-hybridized carbons (Fsp3) is 0.583. The van der Waals surface area contributed by atoms with Crippen LogP contribution in [0.2, 0.25) is 0 Å². The number of nitrogens with zero attached hydrogens (tertiary/aromatic N) is 3. The molecule has 1 atom stereocenters. The molecule has 2 aromatic heterocycles. The van der Waals surface area contributed by atoms with E-state index in [4.69, 9.17) is 9.72 Å². The van der Waals surface area contributed by atoms with E-state index in [9.17, 15) is 13.2 Å². The van der Waals surface area contributed by atoms with E-state index >= 15 is 0 Å². The monoisotopic (exact) mass is 433 g/mol. The molecule has 1 saturated carbocycles. The van der Waals surface area contributed by atoms with E-state index in [2.05, 4.69) is 16.0 Å². The fourth-order valence-corrected chi connectivity index (χ4v) is 5.32. The van der Waals surface area contributed by atoms with Crippen molar-refractivity contribution in [3.05, 3.63) is 59.7 Å². The molecule has 1 aliphatic heterocycles. The maximum absolute atomic E-state index is 13.0. The van der Waals surface area contributed by atoms with Crippen LogP contribution >= 0.6 is 0 Å². The van der Waals surface area contributed by atoms with Gasteiger partial charge in [-0.15, -0.1) is 0 Å². The first-order valence-corrected chi connectivity index (χ1v) is 11.1. The van der Waals surface area contributed by atoms with Gasteiger partial charge in [0.25, 0.3) is 0 Å². The quantitative estimate of drug-likeness (QED) is 0.613. The van der Waals surface area contributed by atoms with Crippen LogP contribution in [0.3, 0.4) is 0 Å². The predicted octanol–water partition coefficient (Wildman–Crippen LogP) is 5.38. The second-order valence-corrected chi connectivity index (χ2v) is 9.23. The minimum atomic E-state index is -4.37. The van der Waals surface area contributed by atoms with E-state index in [0.717, 1.165) is 57.1 Å². The van der Waals surface area contributed by atoms with Crippen molar-refractivity contribution in [3.8, 4) is 0 Å². The molecule has 3 heterocycles. The Morgan fingerprint density at radius 1 is 1.13 bits per heavy atom. The summed E-state index contributed by atoms with van der Waals surface area (Å²) in [7, 11) is 1.96. The first-order chi connectivity index (χ1) is 14.8. The first kappa shape index (κ1) is 22.2. The number of ether oxygens (including phenoxy) is 1. The van der Waals surface area contributed by atoms with Crippen LogP contribution in [0.1, 0.15) is 61.8 Å². The van der Waals surface area contributed by atoms with Gasteiger partial charge in [0.15, 0.2) is 0 Å². The summed E-state index contributed by atoms with van der Waals surface area (Å²) >= 11 is 0. The Morgan fingerprint density at radius 3 is 2.65 bits per heavy atom. The largest absolute Gasteiger partial charge is 0.417 e. The van der Waals surface area contributed by atoms with Crippen molar-refractivity contribution >= 4 is 0 Å². The van der Waals surface area contributed by atoms with Gasteiger partial charge in [-0.1, -0.05) is 18.9 Å². The summed E-state index contributed by atoms with van der Waals surface area (Å²) in [5, 5.41) is 0. The average molecular weight is 434 g/mol. The summed E-state index contributed by atoms with van der Waals surface area (Å²) in [6, 6.07) is 7.29. The van der Waals surface area contributed by atoms with E-state index in [1.165, 1.54) is 25.1 Å². The van der Waals surface area contributed by atoms with Crippen LogP contribution in [-0.4, -0.2) is 40.7 Å². The molecule has 2 aromatic rings. The van der Waals surface area contributed by atoms with Gasteiger partial charge < -0.3 is 9.64 Å². The van der Waals surface area contributed by atoms with Crippen LogP contribution in [-0.2, 0) is 22.9 Å². The molecular formula is C24H30F3N3O. The van der Waals surface area contributed by atoms with Crippen LogP contribution in [0.25, 0.3) is 0 Å². The Hall–Kier alpha value is -1.99. The van der Waals surface area contributed by atoms with Crippen LogP contribution < -0.4 is 0 Å². The van der Waals surface area contributed by atoms with Crippen molar-refractivity contribution in [3.63, 3.8) is 0 Å². The van der Waals surface area contributed by atoms with Crippen molar-refractivity contribution < 1.29 is 17.9 Å². The molecule has 1 saturated heterocycles. The summed E-state index contributed by atoms with van der Waals surface area (Å²) in [6.07, 6.45) is 7.29. The van der Waals surface area contributed by atoms with Crippen molar-refractivity contribution in [2.75, 3.05) is 20.2 Å². The van der Waals surface area contributed by atoms with Gasteiger partial charge in [-0.2, -0.15) is 13.2 Å². The Labute approximate surface area is 181 Å². The molecular weight excluding hydrogens is 403 g/mol. The topological polar surface area (TPSA) is 38.2 Å². The maximum Gasteiger partial charge on any atom is 0.417 e. The number of hydrogen-bond donors (Lipinski definition) is 0. The lowest BCUT2D eigenvalue weighted by Crippen LogP contribution is -2.47. The van der Waals surface area contributed by atoms with Gasteiger partial charge in [-0.25, -0.2) is 0 Å². The molecule has 31 heavy (non-hydrogen) atoms. The van der Waals surface area contributed by atoms with Crippen LogP contribution in [0.5, 0.6) is 0 Å². The fourth-order valence-electron chi connectivity index (χ4n) is 5.32. The summed E-state index contributed by atoms with van der Waals surface area (Å²) in [5.74, 6) is 0. The molecule has 1 spiro atoms. The molecule has 2 fully saturated rings. The molecule has 4 nitrogen and oxygen atoms in total. The zero-order valence-corrected chi connectivity index (χ0v) is 18.0. The summed E-state index contributed by atoms with van der Waals surface area (Å²) in [4.78, 5) is 10.6. The molecule has 0 bridgehead atoms. The third-order valence-electron chi connectivity index (χ3n) is 6.92. The standard InChI is InChI=1S/C24H30F3N3O/c1-30(17-19-14-20(16-28-15-19)24(25,26)27)12-9-22(21-6-2-5-11-29-21)10-13-31-23(18-22)7-3-4-8-23/h2,5-6,11,14-16H,3-4,7-10,12-13,17-18H2,1H3. The predicted molar refractivity (Wildman–Crippen MR) is 112 cm³/mol. The van der Waals surface area contributed by atoms with Crippen LogP contribution in [0.4, 0.5) is 13.2 Å². The van der Waals surface area contributed by atoms with Crippen molar-refractivity contribution in [2.24, 2.45) is 0 Å². The zero-order valence-electron chi connectivity index (χ0n) is 18.0. The number of halogens is 3. The number of rotatable bonds is 6. The third-order valence-corrected chi connectivity index (χ3v) is 6.92. The van der Waals surface area contributed by atoms with Gasteiger partial charge in [0.2, 0.25) is 0 Å². The van der Waals surface area contributed by atoms with Crippen LogP contribution in [0, 0.1) is 0 Å². The minimum absolute atomic E-state index is 0.0424. The lowest BCUT2D eigenvalue weighted by Gasteiger charge is -2.47. The van der Waals surface area contributed by atoms with Gasteiger partial charge in [0, 0.05) is 42.9 Å². The van der Waals surface area contributed by atoms with E-state index in [1.54, 1.807) is 0 Å². The van der Waals surface area contributed by atoms with Gasteiger partial charge >= 0.3 is 6.18 Å². The Kier molecular flexibility index (Phi) is 6.35. The molecule has 1 aliphatic carbocycles. The lowest BCUT2D eigenvalue weighted by molar-refractivity contribution is -0.137. The molecule has 4 rings (SSSR count). The molecule has 0 N–H and O–H groups in total. The molecule has 0 aromatic carbocycles. The highest BCUT2D eigenvalue weighted by atomic mass is 19.4. The van der Waals surface area contributed by atoms with Crippen molar-refractivity contribution in [1.82, 2.24) is 14.9 Å². The second-order valence-electron chi connectivity index (χ2n) is 9.23. The summed E-state index contributed by atoms with van der Waals surface area (Å²) < 4.78 is 45.3. The highest BCUT2D eigenvalue weighted by Crippen LogP contribution is 2.49. The Morgan fingerprint density at radius 2 is 1.94 bits per heavy atom. The molecule has 0 amide bonds. The van der Waals surface area contributed by atoms with Gasteiger partial charge in [0.05, 0.1) is 11.2 Å². The summed E-state index contributed by atoms with van der Waals surface area (Å²) in [5.41, 5.74) is 0.877. The smallest absolute Gasteiger partial charge is 0.375 e. The van der Waals surface area contributed by atoms with E-state index < -0.39 is 11.7 Å². The maximum atomic E-state index is 13.0. The number of pyridine rings is 2. The van der Waals surface area contributed by atoms with Gasteiger partial charge in [0.1, 0.15) is 0 Å². The first-order valence-electron chi connectivity index (χ1n) is 11.1. The molecule has 7 heteroatoms. The van der Waals surface area contributed by atoms with Crippen molar-refractivity contribution in [2.45, 2.75) is 68.7 Å². The summed E-state index contributed by atoms with van der Waals surface area (Å²) in [6.45, 7) is 1.93. The normalized spacial score (nSPS) is 23.5. The minimum Gasteiger partial charge on any atom is -0.375 e. The van der Waals surface area contributed by atoms with Crippen molar-refractivity contribution in [1.29, 1.82) is 0 Å². The van der Waals surface area contributed by atoms with E-state index in [1.807, 2.05) is 25.4 Å². The Balaban J connectivity index is 1.48. The molecule has 2 aliphatic rings. The molecule has 168 valence electrons. The third kappa shape index (κ3) is 5.09. The molecule has 0 radical (unpaired) electrons. The number of alkyl halides is 3. The second kappa shape index (κ2) is 8.87.